The van der Waals surface area contributed by atoms with E-state index in [1.54, 1.807) is 0 Å². The molecule has 0 saturated heterocycles. The van der Waals surface area contributed by atoms with Crippen LogP contribution in [0.4, 0.5) is 0 Å². The van der Waals surface area contributed by atoms with Crippen LogP contribution in [0.3, 0.4) is 0 Å². The quantitative estimate of drug-likeness (QED) is 0.513. The molecular weight excluding hydrogens is 292 g/mol. The number of nitrogens with zero attached hydrogens (tertiary/aromatic N) is 2. The van der Waals surface area contributed by atoms with Gasteiger partial charge in [0.25, 0.3) is 0 Å². The number of hydrogen-bond donors (Lipinski definition) is 0. The lowest BCUT2D eigenvalue weighted by Gasteiger charge is -2.14. The molecule has 2 aromatic carbocycles. The molecule has 0 unspecified atom stereocenters. The number of rotatable bonds is 7. The van der Waals surface area contributed by atoms with Gasteiger partial charge in [0.05, 0.1) is 5.71 Å². The lowest BCUT2D eigenvalue weighted by Crippen LogP contribution is -2.10. The molecule has 0 atom stereocenters. The van der Waals surface area contributed by atoms with Crippen LogP contribution < -0.4 is 0 Å². The minimum absolute atomic E-state index is 0.950. The maximum Gasteiger partial charge on any atom is 0.0649 e. The van der Waals surface area contributed by atoms with Crippen molar-refractivity contribution in [3.63, 3.8) is 0 Å². The Morgan fingerprint density at radius 2 is 1.54 bits per heavy atom. The molecule has 0 aliphatic rings. The first-order chi connectivity index (χ1) is 11.5. The second-order valence-electron chi connectivity index (χ2n) is 6.62. The van der Waals surface area contributed by atoms with E-state index in [0.29, 0.717) is 0 Å². The second kappa shape index (κ2) is 8.68. The van der Waals surface area contributed by atoms with E-state index in [1.807, 2.05) is 19.1 Å². The van der Waals surface area contributed by atoms with Gasteiger partial charge in [0.2, 0.25) is 0 Å². The summed E-state index contributed by atoms with van der Waals surface area (Å²) in [5.74, 6) is 0. The van der Waals surface area contributed by atoms with Gasteiger partial charge in [-0.1, -0.05) is 56.7 Å². The smallest absolute Gasteiger partial charge is 0.0649 e. The summed E-state index contributed by atoms with van der Waals surface area (Å²) in [5, 5.41) is 6.49. The van der Waals surface area contributed by atoms with Gasteiger partial charge in [0.1, 0.15) is 0 Å². The van der Waals surface area contributed by atoms with Crippen molar-refractivity contribution in [3.05, 3.63) is 70.3 Å². The highest BCUT2D eigenvalue weighted by Gasteiger charge is 2.09. The normalized spacial score (nSPS) is 11.6. The molecule has 0 N–H and O–H groups in total. The van der Waals surface area contributed by atoms with E-state index in [2.05, 4.69) is 68.3 Å². The molecule has 0 radical (unpaired) electrons. The van der Waals surface area contributed by atoms with Crippen LogP contribution in [0.25, 0.3) is 0 Å². The Hall–Kier alpha value is -2.09. The number of hydrazone groups is 1. The average Bonchev–Trinajstić information content (AvgIpc) is 2.56. The summed E-state index contributed by atoms with van der Waals surface area (Å²) >= 11 is 0. The molecule has 0 aliphatic heterocycles. The van der Waals surface area contributed by atoms with E-state index in [-0.39, 0.29) is 0 Å². The fraction of sp³-hybridized carbons (Fsp3) is 0.409. The predicted octanol–water partition coefficient (Wildman–Crippen LogP) is 5.08. The Kier molecular flexibility index (Phi) is 6.60. The first kappa shape index (κ1) is 18.3. The zero-order chi connectivity index (χ0) is 17.5. The molecule has 0 amide bonds. The van der Waals surface area contributed by atoms with Crippen LogP contribution in [0.5, 0.6) is 0 Å². The lowest BCUT2D eigenvalue weighted by molar-refractivity contribution is 0.438. The largest absolute Gasteiger partial charge is 0.303 e. The monoisotopic (exact) mass is 322 g/mol. The van der Waals surface area contributed by atoms with E-state index in [4.69, 9.17) is 0 Å². The number of aryl methyl sites for hydroxylation is 2. The van der Waals surface area contributed by atoms with Crippen molar-refractivity contribution in [2.45, 2.75) is 46.5 Å². The third kappa shape index (κ3) is 4.95. The molecule has 0 aliphatic carbocycles. The van der Waals surface area contributed by atoms with Gasteiger partial charge >= 0.3 is 0 Å². The molecule has 0 heterocycles. The van der Waals surface area contributed by atoms with Crippen molar-refractivity contribution < 1.29 is 0 Å². The van der Waals surface area contributed by atoms with Crippen molar-refractivity contribution in [2.24, 2.45) is 5.10 Å². The SMILES string of the molecule is CCCc1ccc(Cc2ccc(CC)cc2/C(C)=N/N(C)C)cc1. The van der Waals surface area contributed by atoms with Crippen LogP contribution in [-0.2, 0) is 19.3 Å². The summed E-state index contributed by atoms with van der Waals surface area (Å²) < 4.78 is 0. The van der Waals surface area contributed by atoms with Gasteiger partial charge < -0.3 is 5.01 Å². The molecule has 0 spiro atoms. The van der Waals surface area contributed by atoms with Gasteiger partial charge in [0.15, 0.2) is 0 Å². The lowest BCUT2D eigenvalue weighted by atomic mass is 9.94. The van der Waals surface area contributed by atoms with E-state index in [0.717, 1.165) is 25.0 Å². The highest BCUT2D eigenvalue weighted by Crippen LogP contribution is 2.19. The molecule has 0 aromatic heterocycles. The van der Waals surface area contributed by atoms with E-state index in [9.17, 15) is 0 Å². The Balaban J connectivity index is 2.31. The summed E-state index contributed by atoms with van der Waals surface area (Å²) in [6.07, 6.45) is 4.35. The Morgan fingerprint density at radius 1 is 0.917 bits per heavy atom. The summed E-state index contributed by atoms with van der Waals surface area (Å²) in [4.78, 5) is 0. The summed E-state index contributed by atoms with van der Waals surface area (Å²) in [6, 6.07) is 15.9. The number of benzene rings is 2. The Morgan fingerprint density at radius 3 is 2.12 bits per heavy atom. The molecular formula is C22H30N2. The van der Waals surface area contributed by atoms with Gasteiger partial charge in [-0.3, -0.25) is 0 Å². The summed E-state index contributed by atoms with van der Waals surface area (Å²) in [5.41, 5.74) is 7.83. The van der Waals surface area contributed by atoms with Crippen LogP contribution in [0, 0.1) is 0 Å². The molecule has 128 valence electrons. The van der Waals surface area contributed by atoms with Crippen molar-refractivity contribution in [2.75, 3.05) is 14.1 Å². The van der Waals surface area contributed by atoms with Gasteiger partial charge in [-0.05, 0) is 54.5 Å². The maximum absolute atomic E-state index is 4.61. The third-order valence-electron chi connectivity index (χ3n) is 4.28. The molecule has 2 heteroatoms. The molecule has 24 heavy (non-hydrogen) atoms. The minimum Gasteiger partial charge on any atom is -0.303 e. The summed E-state index contributed by atoms with van der Waals surface area (Å²) in [6.45, 7) is 6.52. The van der Waals surface area contributed by atoms with Gasteiger partial charge in [-0.25, -0.2) is 0 Å². The Labute approximate surface area is 147 Å². The first-order valence-corrected chi connectivity index (χ1v) is 8.96. The van der Waals surface area contributed by atoms with E-state index < -0.39 is 0 Å². The highest BCUT2D eigenvalue weighted by molar-refractivity contribution is 6.00. The molecule has 2 rings (SSSR count). The van der Waals surface area contributed by atoms with Crippen LogP contribution in [0.2, 0.25) is 0 Å². The zero-order valence-electron chi connectivity index (χ0n) is 15.8. The second-order valence-corrected chi connectivity index (χ2v) is 6.62. The van der Waals surface area contributed by atoms with Crippen molar-refractivity contribution in [1.82, 2.24) is 5.01 Å². The zero-order valence-corrected chi connectivity index (χ0v) is 15.8. The molecule has 0 bridgehead atoms. The number of hydrogen-bond acceptors (Lipinski definition) is 2. The third-order valence-corrected chi connectivity index (χ3v) is 4.28. The van der Waals surface area contributed by atoms with Gasteiger partial charge in [-0.2, -0.15) is 5.10 Å². The van der Waals surface area contributed by atoms with Crippen molar-refractivity contribution >= 4 is 5.71 Å². The summed E-state index contributed by atoms with van der Waals surface area (Å²) in [7, 11) is 3.94. The molecule has 2 nitrogen and oxygen atoms in total. The van der Waals surface area contributed by atoms with E-state index >= 15 is 0 Å². The van der Waals surface area contributed by atoms with Crippen LogP contribution in [-0.4, -0.2) is 24.8 Å². The van der Waals surface area contributed by atoms with Crippen LogP contribution in [0.1, 0.15) is 55.0 Å². The van der Waals surface area contributed by atoms with Gasteiger partial charge in [-0.15, -0.1) is 0 Å². The first-order valence-electron chi connectivity index (χ1n) is 8.96. The standard InChI is InChI=1S/C22H30N2/c1-6-8-19-9-11-20(12-10-19)15-21-14-13-18(7-2)16-22(21)17(3)23-24(4)5/h9-14,16H,6-8,15H2,1-5H3/b23-17+. The molecule has 2 aromatic rings. The predicted molar refractivity (Wildman–Crippen MR) is 105 cm³/mol. The fourth-order valence-electron chi connectivity index (χ4n) is 3.02. The van der Waals surface area contributed by atoms with Crippen molar-refractivity contribution in [3.8, 4) is 0 Å². The molecule has 0 fully saturated rings. The fourth-order valence-corrected chi connectivity index (χ4v) is 3.02. The Bertz CT molecular complexity index is 682. The van der Waals surface area contributed by atoms with Crippen LogP contribution in [0.15, 0.2) is 47.6 Å². The average molecular weight is 322 g/mol. The van der Waals surface area contributed by atoms with Crippen LogP contribution >= 0.6 is 0 Å². The topological polar surface area (TPSA) is 15.6 Å². The van der Waals surface area contributed by atoms with E-state index in [1.165, 1.54) is 34.2 Å². The maximum atomic E-state index is 4.61. The van der Waals surface area contributed by atoms with Gasteiger partial charge in [0, 0.05) is 19.7 Å². The minimum atomic E-state index is 0.950. The molecule has 0 saturated carbocycles. The van der Waals surface area contributed by atoms with Crippen molar-refractivity contribution in [1.29, 1.82) is 0 Å². The highest BCUT2D eigenvalue weighted by atomic mass is 15.4.